The van der Waals surface area contributed by atoms with E-state index in [0.29, 0.717) is 19.1 Å². The van der Waals surface area contributed by atoms with Gasteiger partial charge in [-0.15, -0.1) is 0 Å². The molecule has 2 aromatic carbocycles. The summed E-state index contributed by atoms with van der Waals surface area (Å²) in [5.74, 6) is 0.172. The van der Waals surface area contributed by atoms with Gasteiger partial charge in [0.1, 0.15) is 0 Å². The van der Waals surface area contributed by atoms with E-state index in [-0.39, 0.29) is 11.8 Å². The molecule has 5 heteroatoms. The molecule has 0 atom stereocenters. The van der Waals surface area contributed by atoms with Gasteiger partial charge in [0.05, 0.1) is 18.7 Å². The fraction of sp³-hybridized carbons (Fsp3) is 0.429. The number of carbonyl (C=O) groups is 1. The van der Waals surface area contributed by atoms with Crippen LogP contribution in [0, 0.1) is 11.8 Å². The van der Waals surface area contributed by atoms with Crippen molar-refractivity contribution in [1.29, 1.82) is 0 Å². The average molecular weight is 443 g/mol. The zero-order valence-corrected chi connectivity index (χ0v) is 18.9. The highest BCUT2D eigenvalue weighted by Gasteiger charge is 2.46. The molecule has 6 rings (SSSR count). The van der Waals surface area contributed by atoms with Crippen LogP contribution in [0.15, 0.2) is 60.8 Å². The molecule has 1 aliphatic carbocycles. The molecule has 0 bridgehead atoms. The van der Waals surface area contributed by atoms with E-state index in [1.807, 2.05) is 12.3 Å². The third kappa shape index (κ3) is 3.94. The van der Waals surface area contributed by atoms with Crippen molar-refractivity contribution in [3.63, 3.8) is 0 Å². The zero-order chi connectivity index (χ0) is 22.3. The van der Waals surface area contributed by atoms with E-state index in [4.69, 9.17) is 9.47 Å². The number of rotatable bonds is 4. The van der Waals surface area contributed by atoms with Crippen LogP contribution >= 0.6 is 0 Å². The first kappa shape index (κ1) is 20.8. The van der Waals surface area contributed by atoms with E-state index < -0.39 is 5.79 Å². The quantitative estimate of drug-likeness (QED) is 0.561. The number of hydrogen-bond acceptors (Lipinski definition) is 4. The molecule has 0 N–H and O–H groups in total. The molecule has 3 aliphatic rings. The lowest BCUT2D eigenvalue weighted by Crippen LogP contribution is -2.50. The molecule has 2 saturated heterocycles. The van der Waals surface area contributed by atoms with Crippen LogP contribution in [-0.4, -0.2) is 42.1 Å². The molecule has 1 saturated carbocycles. The maximum Gasteiger partial charge on any atom is 0.225 e. The van der Waals surface area contributed by atoms with Crippen LogP contribution in [0.4, 0.5) is 0 Å². The van der Waals surface area contributed by atoms with Gasteiger partial charge in [-0.25, -0.2) is 0 Å². The molecule has 170 valence electrons. The normalized spacial score (nSPS) is 21.3. The molecular weight excluding hydrogens is 412 g/mol. The molecule has 1 amide bonds. The smallest absolute Gasteiger partial charge is 0.225 e. The summed E-state index contributed by atoms with van der Waals surface area (Å²) in [7, 11) is 0. The molecule has 3 heterocycles. The minimum Gasteiger partial charge on any atom is -0.346 e. The highest BCUT2D eigenvalue weighted by Crippen LogP contribution is 2.44. The number of likely N-dealkylation sites (tertiary alicyclic amines) is 1. The lowest BCUT2D eigenvalue weighted by molar-refractivity contribution is -0.309. The highest BCUT2D eigenvalue weighted by molar-refractivity contribution is 5.84. The zero-order valence-electron chi connectivity index (χ0n) is 18.9. The monoisotopic (exact) mass is 442 g/mol. The number of aromatic nitrogens is 1. The Morgan fingerprint density at radius 1 is 0.909 bits per heavy atom. The van der Waals surface area contributed by atoms with Crippen LogP contribution in [0.5, 0.6) is 0 Å². The third-order valence-electron chi connectivity index (χ3n) is 7.42. The predicted octanol–water partition coefficient (Wildman–Crippen LogP) is 5.14. The Morgan fingerprint density at radius 3 is 2.36 bits per heavy atom. The van der Waals surface area contributed by atoms with E-state index in [0.717, 1.165) is 72.8 Å². The molecule has 0 radical (unpaired) electrons. The summed E-state index contributed by atoms with van der Waals surface area (Å²) in [6.07, 6.45) is 6.71. The van der Waals surface area contributed by atoms with Crippen molar-refractivity contribution in [2.24, 2.45) is 11.8 Å². The maximum atomic E-state index is 12.5. The molecular formula is C28H30N2O3. The van der Waals surface area contributed by atoms with Gasteiger partial charge in [0, 0.05) is 42.1 Å². The van der Waals surface area contributed by atoms with Gasteiger partial charge >= 0.3 is 0 Å². The van der Waals surface area contributed by atoms with Gasteiger partial charge in [0.25, 0.3) is 0 Å². The van der Waals surface area contributed by atoms with Crippen LogP contribution < -0.4 is 0 Å². The van der Waals surface area contributed by atoms with Crippen molar-refractivity contribution in [2.45, 2.75) is 37.9 Å². The maximum absolute atomic E-state index is 12.5. The summed E-state index contributed by atoms with van der Waals surface area (Å²) in [5, 5.41) is 1.15. The number of piperidine rings is 1. The molecule has 0 spiro atoms. The fourth-order valence-corrected chi connectivity index (χ4v) is 5.40. The van der Waals surface area contributed by atoms with E-state index in [1.165, 1.54) is 0 Å². The Balaban J connectivity index is 1.25. The molecule has 2 aliphatic heterocycles. The Labute approximate surface area is 194 Å². The van der Waals surface area contributed by atoms with Crippen molar-refractivity contribution in [2.75, 3.05) is 26.3 Å². The highest BCUT2D eigenvalue weighted by atomic mass is 16.7. The molecule has 3 fully saturated rings. The van der Waals surface area contributed by atoms with Crippen molar-refractivity contribution in [3.05, 3.63) is 66.4 Å². The fourth-order valence-electron chi connectivity index (χ4n) is 5.40. The summed E-state index contributed by atoms with van der Waals surface area (Å²) >= 11 is 0. The Kier molecular flexibility index (Phi) is 5.39. The molecule has 0 unspecified atom stereocenters. The van der Waals surface area contributed by atoms with E-state index in [1.54, 1.807) is 0 Å². The lowest BCUT2D eigenvalue weighted by atomic mass is 9.82. The summed E-state index contributed by atoms with van der Waals surface area (Å²) in [6.45, 7) is 3.02. The summed E-state index contributed by atoms with van der Waals surface area (Å²) in [4.78, 5) is 19.1. The van der Waals surface area contributed by atoms with Crippen molar-refractivity contribution in [3.8, 4) is 11.1 Å². The Bertz CT molecular complexity index is 1140. The number of amides is 1. The van der Waals surface area contributed by atoms with Gasteiger partial charge in [-0.05, 0) is 55.4 Å². The van der Waals surface area contributed by atoms with Crippen LogP contribution in [0.3, 0.4) is 0 Å². The molecule has 3 aromatic rings. The summed E-state index contributed by atoms with van der Waals surface area (Å²) in [6, 6.07) is 19.1. The van der Waals surface area contributed by atoms with Gasteiger partial charge in [-0.2, -0.15) is 0 Å². The van der Waals surface area contributed by atoms with E-state index >= 15 is 0 Å². The first-order valence-electron chi connectivity index (χ1n) is 12.3. The minimum atomic E-state index is -0.712. The van der Waals surface area contributed by atoms with Crippen molar-refractivity contribution in [1.82, 2.24) is 9.88 Å². The second-order valence-electron chi connectivity index (χ2n) is 9.58. The largest absolute Gasteiger partial charge is 0.346 e. The predicted molar refractivity (Wildman–Crippen MR) is 127 cm³/mol. The van der Waals surface area contributed by atoms with Crippen LogP contribution in [-0.2, 0) is 20.1 Å². The van der Waals surface area contributed by atoms with Gasteiger partial charge in [-0.1, -0.05) is 42.5 Å². The van der Waals surface area contributed by atoms with Gasteiger partial charge < -0.3 is 14.4 Å². The first-order valence-corrected chi connectivity index (χ1v) is 12.3. The number of benzene rings is 2. The number of hydrogen-bond donors (Lipinski definition) is 0. The first-order chi connectivity index (χ1) is 16.2. The van der Waals surface area contributed by atoms with Crippen LogP contribution in [0.25, 0.3) is 22.0 Å². The van der Waals surface area contributed by atoms with Gasteiger partial charge in [0.2, 0.25) is 5.91 Å². The summed E-state index contributed by atoms with van der Waals surface area (Å²) in [5.41, 5.74) is 4.39. The van der Waals surface area contributed by atoms with Crippen molar-refractivity contribution < 1.29 is 14.3 Å². The molecule has 1 aromatic heterocycles. The van der Waals surface area contributed by atoms with Gasteiger partial charge in [0.15, 0.2) is 5.79 Å². The SMILES string of the molecule is O=C(C1CC1)N1CCC(C2(c3ccc(-c4ccc5cccnc5c4)cc3)OCCCO2)CC1. The van der Waals surface area contributed by atoms with Crippen LogP contribution in [0.1, 0.15) is 37.7 Å². The minimum absolute atomic E-state index is 0.247. The Hall–Kier alpha value is -2.76. The standard InChI is InChI=1S/C28H30N2O3/c31-27(22-5-6-22)30-15-12-25(13-16-30)28(32-17-2-18-33-28)24-10-8-20(9-11-24)23-7-4-21-3-1-14-29-26(21)19-23/h1,3-4,7-11,14,19,22,25H,2,5-6,12-13,15-18H2. The molecule has 33 heavy (non-hydrogen) atoms. The van der Waals surface area contributed by atoms with Gasteiger partial charge in [-0.3, -0.25) is 9.78 Å². The molecule has 5 nitrogen and oxygen atoms in total. The topological polar surface area (TPSA) is 51.7 Å². The second kappa shape index (κ2) is 8.54. The second-order valence-corrected chi connectivity index (χ2v) is 9.58. The number of carbonyl (C=O) groups excluding carboxylic acids is 1. The number of fused-ring (bicyclic) bond motifs is 1. The number of ether oxygens (including phenoxy) is 2. The van der Waals surface area contributed by atoms with Crippen LogP contribution in [0.2, 0.25) is 0 Å². The number of pyridine rings is 1. The lowest BCUT2D eigenvalue weighted by Gasteiger charge is -2.46. The van der Waals surface area contributed by atoms with E-state index in [9.17, 15) is 4.79 Å². The number of nitrogens with zero attached hydrogens (tertiary/aromatic N) is 2. The average Bonchev–Trinajstić information content (AvgIpc) is 3.74. The van der Waals surface area contributed by atoms with E-state index in [2.05, 4.69) is 58.4 Å². The Morgan fingerprint density at radius 2 is 1.64 bits per heavy atom. The third-order valence-corrected chi connectivity index (χ3v) is 7.42. The van der Waals surface area contributed by atoms with Crippen molar-refractivity contribution >= 4 is 16.8 Å². The summed E-state index contributed by atoms with van der Waals surface area (Å²) < 4.78 is 12.8.